The van der Waals surface area contributed by atoms with Crippen molar-refractivity contribution in [1.29, 1.82) is 0 Å². The van der Waals surface area contributed by atoms with Crippen LogP contribution >= 0.6 is 15.9 Å². The first-order valence-corrected chi connectivity index (χ1v) is 5.97. The van der Waals surface area contributed by atoms with Crippen molar-refractivity contribution in [2.24, 2.45) is 0 Å². The van der Waals surface area contributed by atoms with Gasteiger partial charge in [0.25, 0.3) is 0 Å². The molecule has 1 aromatic heterocycles. The van der Waals surface area contributed by atoms with Crippen molar-refractivity contribution in [2.45, 2.75) is 13.5 Å². The molecular formula is C10H13BrN2O. The minimum absolute atomic E-state index is 0.0290. The summed E-state index contributed by atoms with van der Waals surface area (Å²) in [5.74, 6) is 1.81. The summed E-state index contributed by atoms with van der Waals surface area (Å²) in [6.07, 6.45) is 0. The number of hydrogen-bond acceptors (Lipinski definition) is 1. The summed E-state index contributed by atoms with van der Waals surface area (Å²) in [5.41, 5.74) is 1.85. The predicted molar refractivity (Wildman–Crippen MR) is 63.1 cm³/mol. The second-order valence-electron chi connectivity index (χ2n) is 2.69. The summed E-state index contributed by atoms with van der Waals surface area (Å²) < 4.78 is 1.72. The van der Waals surface area contributed by atoms with Crippen LogP contribution in [0.25, 0.3) is 11.0 Å². The Morgan fingerprint density at radius 3 is 2.64 bits per heavy atom. The van der Waals surface area contributed by atoms with E-state index in [0.717, 1.165) is 11.0 Å². The fourth-order valence-electron chi connectivity index (χ4n) is 1.42. The van der Waals surface area contributed by atoms with Crippen molar-refractivity contribution >= 4 is 27.0 Å². The Bertz CT molecular complexity index is 458. The third-order valence-electron chi connectivity index (χ3n) is 2.00. The van der Waals surface area contributed by atoms with Crippen LogP contribution in [0.4, 0.5) is 0 Å². The number of aromatic amines is 1. The zero-order valence-corrected chi connectivity index (χ0v) is 9.84. The second kappa shape index (κ2) is 5.00. The van der Waals surface area contributed by atoms with Gasteiger partial charge in [-0.3, -0.25) is 4.57 Å². The van der Waals surface area contributed by atoms with Gasteiger partial charge in [0.2, 0.25) is 0 Å². The Kier molecular flexibility index (Phi) is 3.95. The van der Waals surface area contributed by atoms with Crippen molar-refractivity contribution in [3.05, 3.63) is 34.7 Å². The number of halogens is 1. The number of fused-ring (bicyclic) bond motifs is 1. The molecule has 1 heterocycles. The van der Waals surface area contributed by atoms with Crippen LogP contribution in [0.3, 0.4) is 0 Å². The van der Waals surface area contributed by atoms with E-state index in [2.05, 4.69) is 20.9 Å². The number of H-pyrrole nitrogens is 1. The summed E-state index contributed by atoms with van der Waals surface area (Å²) in [6, 6.07) is 7.69. The molecule has 0 atom stereocenters. The number of aromatic nitrogens is 2. The molecule has 0 aliphatic rings. The third-order valence-corrected chi connectivity index (χ3v) is 2.00. The molecule has 0 bridgehead atoms. The van der Waals surface area contributed by atoms with Gasteiger partial charge in [-0.25, -0.2) is 4.79 Å². The van der Waals surface area contributed by atoms with E-state index in [-0.39, 0.29) is 5.69 Å². The maximum Gasteiger partial charge on any atom is 0.326 e. The molecule has 0 aliphatic carbocycles. The van der Waals surface area contributed by atoms with Crippen LogP contribution in [0.1, 0.15) is 6.92 Å². The van der Waals surface area contributed by atoms with Crippen LogP contribution < -0.4 is 5.69 Å². The van der Waals surface area contributed by atoms with Crippen molar-refractivity contribution in [1.82, 2.24) is 9.55 Å². The molecule has 14 heavy (non-hydrogen) atoms. The van der Waals surface area contributed by atoms with Crippen LogP contribution in [-0.4, -0.2) is 15.4 Å². The average Bonchev–Trinajstić information content (AvgIpc) is 2.56. The number of imidazole rings is 1. The topological polar surface area (TPSA) is 37.8 Å². The van der Waals surface area contributed by atoms with Gasteiger partial charge in [0.15, 0.2) is 0 Å². The largest absolute Gasteiger partial charge is 0.326 e. The maximum atomic E-state index is 11.3. The highest BCUT2D eigenvalue weighted by Crippen LogP contribution is 2.07. The molecule has 76 valence electrons. The van der Waals surface area contributed by atoms with Crippen LogP contribution in [0.5, 0.6) is 0 Å². The molecule has 2 rings (SSSR count). The van der Waals surface area contributed by atoms with Crippen LogP contribution in [-0.2, 0) is 6.54 Å². The van der Waals surface area contributed by atoms with E-state index in [0.29, 0.717) is 6.54 Å². The summed E-state index contributed by atoms with van der Waals surface area (Å²) in [4.78, 5) is 14.1. The molecule has 4 heteroatoms. The van der Waals surface area contributed by atoms with E-state index < -0.39 is 0 Å². The molecule has 1 aromatic carbocycles. The highest BCUT2D eigenvalue weighted by Gasteiger charge is 2.01. The lowest BCUT2D eigenvalue weighted by Crippen LogP contribution is -2.14. The van der Waals surface area contributed by atoms with Gasteiger partial charge >= 0.3 is 5.69 Å². The van der Waals surface area contributed by atoms with Gasteiger partial charge in [-0.1, -0.05) is 28.1 Å². The highest BCUT2D eigenvalue weighted by atomic mass is 79.9. The number of nitrogens with zero attached hydrogens (tertiary/aromatic N) is 1. The molecule has 0 aliphatic heterocycles. The number of aryl methyl sites for hydroxylation is 1. The Hall–Kier alpha value is -1.03. The SMILES string of the molecule is CBr.CCn1c(=O)[nH]c2ccccc21. The Morgan fingerprint density at radius 2 is 2.00 bits per heavy atom. The lowest BCUT2D eigenvalue weighted by atomic mass is 10.3. The third kappa shape index (κ3) is 1.90. The molecule has 0 saturated carbocycles. The van der Waals surface area contributed by atoms with Crippen LogP contribution in [0.15, 0.2) is 29.1 Å². The van der Waals surface area contributed by atoms with Gasteiger partial charge in [-0.2, -0.15) is 0 Å². The van der Waals surface area contributed by atoms with Crippen molar-refractivity contribution < 1.29 is 0 Å². The molecule has 0 saturated heterocycles. The number of benzene rings is 1. The molecule has 0 unspecified atom stereocenters. The minimum Gasteiger partial charge on any atom is -0.306 e. The maximum absolute atomic E-state index is 11.3. The summed E-state index contributed by atoms with van der Waals surface area (Å²) >= 11 is 2.94. The molecule has 2 aromatic rings. The zero-order valence-electron chi connectivity index (χ0n) is 8.25. The number of para-hydroxylation sites is 2. The molecule has 0 spiro atoms. The molecule has 1 N–H and O–H groups in total. The van der Waals surface area contributed by atoms with E-state index in [4.69, 9.17) is 0 Å². The van der Waals surface area contributed by atoms with Gasteiger partial charge in [0.1, 0.15) is 0 Å². The lowest BCUT2D eigenvalue weighted by molar-refractivity contribution is 0.753. The molecular weight excluding hydrogens is 244 g/mol. The average molecular weight is 257 g/mol. The number of nitrogens with one attached hydrogen (secondary N) is 1. The molecule has 3 nitrogen and oxygen atoms in total. The normalized spacial score (nSPS) is 9.64. The second-order valence-corrected chi connectivity index (χ2v) is 2.69. The molecule has 0 radical (unpaired) electrons. The van der Waals surface area contributed by atoms with Gasteiger partial charge in [0, 0.05) is 6.54 Å². The van der Waals surface area contributed by atoms with Gasteiger partial charge in [-0.15, -0.1) is 0 Å². The summed E-state index contributed by atoms with van der Waals surface area (Å²) in [7, 11) is 0. The van der Waals surface area contributed by atoms with Gasteiger partial charge in [-0.05, 0) is 24.9 Å². The molecule has 0 fully saturated rings. The number of hydrogen-bond donors (Lipinski definition) is 1. The number of alkyl halides is 1. The first-order chi connectivity index (χ1) is 6.83. The van der Waals surface area contributed by atoms with Crippen molar-refractivity contribution in [2.75, 3.05) is 5.83 Å². The number of rotatable bonds is 1. The van der Waals surface area contributed by atoms with E-state index in [9.17, 15) is 4.79 Å². The standard InChI is InChI=1S/C9H10N2O.CH3Br/c1-2-11-8-6-4-3-5-7(8)10-9(11)12;1-2/h3-6H,2H2,1H3,(H,10,12);1H3. The van der Waals surface area contributed by atoms with E-state index >= 15 is 0 Å². The minimum atomic E-state index is -0.0290. The smallest absolute Gasteiger partial charge is 0.306 e. The van der Waals surface area contributed by atoms with E-state index in [1.54, 1.807) is 4.57 Å². The zero-order chi connectivity index (χ0) is 10.6. The lowest BCUT2D eigenvalue weighted by Gasteiger charge is -1.95. The van der Waals surface area contributed by atoms with Gasteiger partial charge < -0.3 is 4.98 Å². The van der Waals surface area contributed by atoms with Crippen LogP contribution in [0, 0.1) is 0 Å². The van der Waals surface area contributed by atoms with Gasteiger partial charge in [0.05, 0.1) is 11.0 Å². The van der Waals surface area contributed by atoms with Crippen LogP contribution in [0.2, 0.25) is 0 Å². The summed E-state index contributed by atoms with van der Waals surface area (Å²) in [5, 5.41) is 0. The Morgan fingerprint density at radius 1 is 1.36 bits per heavy atom. The van der Waals surface area contributed by atoms with Crippen molar-refractivity contribution in [3.8, 4) is 0 Å². The van der Waals surface area contributed by atoms with E-state index in [1.807, 2.05) is 37.0 Å². The Balaban J connectivity index is 0.000000461. The first kappa shape index (κ1) is 11.0. The quantitative estimate of drug-likeness (QED) is 0.782. The van der Waals surface area contributed by atoms with E-state index in [1.165, 1.54) is 0 Å². The Labute approximate surface area is 90.9 Å². The monoisotopic (exact) mass is 256 g/mol. The fourth-order valence-corrected chi connectivity index (χ4v) is 1.42. The first-order valence-electron chi connectivity index (χ1n) is 4.38. The summed E-state index contributed by atoms with van der Waals surface area (Å²) in [6.45, 7) is 2.67. The predicted octanol–water partition coefficient (Wildman–Crippen LogP) is 2.36. The highest BCUT2D eigenvalue weighted by molar-refractivity contribution is 9.08. The van der Waals surface area contributed by atoms with Crippen molar-refractivity contribution in [3.63, 3.8) is 0 Å². The fraction of sp³-hybridized carbons (Fsp3) is 0.300. The molecule has 0 amide bonds.